The Kier molecular flexibility index (Phi) is 3.45. The molecule has 3 rings (SSSR count). The van der Waals surface area contributed by atoms with Gasteiger partial charge in [0.25, 0.3) is 0 Å². The minimum atomic E-state index is 0.269. The van der Waals surface area contributed by atoms with Crippen LogP contribution < -0.4 is 5.32 Å². The molecule has 1 aromatic carbocycles. The van der Waals surface area contributed by atoms with E-state index in [9.17, 15) is 0 Å². The number of anilines is 1. The number of furan rings is 1. The van der Waals surface area contributed by atoms with Gasteiger partial charge in [-0.2, -0.15) is 0 Å². The first kappa shape index (κ1) is 12.4. The summed E-state index contributed by atoms with van der Waals surface area (Å²) in [7, 11) is 0. The number of hydrogen-bond donors (Lipinski definition) is 1. The monoisotopic (exact) mass is 269 g/mol. The van der Waals surface area contributed by atoms with Crippen molar-refractivity contribution < 1.29 is 4.42 Å². The summed E-state index contributed by atoms with van der Waals surface area (Å²) in [5.74, 6) is 0.974. The number of nitrogens with zero attached hydrogens (tertiary/aromatic N) is 4. The van der Waals surface area contributed by atoms with Crippen LogP contribution in [0.1, 0.15) is 12.7 Å². The highest BCUT2D eigenvalue weighted by Gasteiger charge is 2.06. The van der Waals surface area contributed by atoms with Gasteiger partial charge in [-0.25, -0.2) is 4.68 Å². The van der Waals surface area contributed by atoms with E-state index in [0.29, 0.717) is 0 Å². The zero-order valence-corrected chi connectivity index (χ0v) is 11.1. The molecule has 1 unspecified atom stereocenters. The number of rotatable bonds is 5. The molecule has 0 saturated heterocycles. The molecule has 0 bridgehead atoms. The molecule has 1 atom stereocenters. The molecule has 0 amide bonds. The summed E-state index contributed by atoms with van der Waals surface area (Å²) >= 11 is 0. The summed E-state index contributed by atoms with van der Waals surface area (Å²) < 4.78 is 6.98. The lowest BCUT2D eigenvalue weighted by Gasteiger charge is -2.14. The smallest absolute Gasteiger partial charge is 0.143 e. The minimum absolute atomic E-state index is 0.269. The van der Waals surface area contributed by atoms with E-state index in [1.54, 1.807) is 17.3 Å². The highest BCUT2D eigenvalue weighted by atomic mass is 16.3. The molecule has 102 valence electrons. The Morgan fingerprint density at radius 2 is 2.25 bits per heavy atom. The fourth-order valence-electron chi connectivity index (χ4n) is 2.08. The van der Waals surface area contributed by atoms with Crippen LogP contribution in [0.2, 0.25) is 0 Å². The number of nitrogens with one attached hydrogen (secondary N) is 1. The van der Waals surface area contributed by atoms with Gasteiger partial charge in [0.1, 0.15) is 12.1 Å². The molecule has 0 aliphatic heterocycles. The second-order valence-corrected chi connectivity index (χ2v) is 4.63. The van der Waals surface area contributed by atoms with E-state index >= 15 is 0 Å². The van der Waals surface area contributed by atoms with Gasteiger partial charge >= 0.3 is 0 Å². The molecule has 0 saturated carbocycles. The molecule has 0 aliphatic rings. The van der Waals surface area contributed by atoms with Crippen LogP contribution in [0.4, 0.5) is 5.69 Å². The van der Waals surface area contributed by atoms with Crippen LogP contribution in [-0.2, 0) is 6.42 Å². The highest BCUT2D eigenvalue weighted by molar-refractivity contribution is 5.51. The van der Waals surface area contributed by atoms with Crippen LogP contribution in [0.5, 0.6) is 0 Å². The first-order chi connectivity index (χ1) is 9.81. The molecule has 0 aliphatic carbocycles. The summed E-state index contributed by atoms with van der Waals surface area (Å²) in [6.45, 7) is 2.12. The topological polar surface area (TPSA) is 68.8 Å². The van der Waals surface area contributed by atoms with E-state index in [1.165, 1.54) is 0 Å². The average Bonchev–Trinajstić information content (AvgIpc) is 3.11. The second kappa shape index (κ2) is 5.56. The van der Waals surface area contributed by atoms with Crippen LogP contribution in [0, 0.1) is 0 Å². The fraction of sp³-hybridized carbons (Fsp3) is 0.214. The normalized spacial score (nSPS) is 12.2. The van der Waals surface area contributed by atoms with E-state index in [-0.39, 0.29) is 6.04 Å². The van der Waals surface area contributed by atoms with E-state index in [0.717, 1.165) is 23.6 Å². The molecule has 6 nitrogen and oxygen atoms in total. The SMILES string of the molecule is CC(Cc1ccco1)Nc1cccc(-n2cnnn2)c1. The predicted octanol–water partition coefficient (Wildman–Crippen LogP) is 2.30. The van der Waals surface area contributed by atoms with Gasteiger partial charge in [-0.3, -0.25) is 0 Å². The van der Waals surface area contributed by atoms with E-state index in [2.05, 4.69) is 27.8 Å². The van der Waals surface area contributed by atoms with Crippen molar-refractivity contribution in [3.05, 3.63) is 54.7 Å². The van der Waals surface area contributed by atoms with Crippen LogP contribution >= 0.6 is 0 Å². The van der Waals surface area contributed by atoms with Crippen molar-refractivity contribution in [3.63, 3.8) is 0 Å². The van der Waals surface area contributed by atoms with Crippen molar-refractivity contribution in [2.24, 2.45) is 0 Å². The number of aromatic nitrogens is 4. The van der Waals surface area contributed by atoms with Gasteiger partial charge in [0.2, 0.25) is 0 Å². The predicted molar refractivity (Wildman–Crippen MR) is 74.7 cm³/mol. The Labute approximate surface area is 116 Å². The Bertz CT molecular complexity index is 648. The lowest BCUT2D eigenvalue weighted by Crippen LogP contribution is -2.17. The third-order valence-corrected chi connectivity index (χ3v) is 2.96. The first-order valence-corrected chi connectivity index (χ1v) is 6.43. The Balaban J connectivity index is 1.70. The standard InChI is InChI=1S/C14H15N5O/c1-11(8-14-6-3-7-20-14)16-12-4-2-5-13(9-12)19-10-15-17-18-19/h2-7,9-11,16H,8H2,1H3. The average molecular weight is 269 g/mol. The van der Waals surface area contributed by atoms with E-state index in [1.807, 2.05) is 36.4 Å². The van der Waals surface area contributed by atoms with Gasteiger partial charge in [0.15, 0.2) is 0 Å². The van der Waals surface area contributed by atoms with Gasteiger partial charge < -0.3 is 9.73 Å². The van der Waals surface area contributed by atoms with Crippen molar-refractivity contribution in [2.45, 2.75) is 19.4 Å². The molecule has 20 heavy (non-hydrogen) atoms. The summed E-state index contributed by atoms with van der Waals surface area (Å²) in [5, 5.41) is 14.6. The van der Waals surface area contributed by atoms with Crippen molar-refractivity contribution in [1.29, 1.82) is 0 Å². The van der Waals surface area contributed by atoms with Crippen LogP contribution in [0.15, 0.2) is 53.4 Å². The molecule has 1 N–H and O–H groups in total. The first-order valence-electron chi connectivity index (χ1n) is 6.43. The maximum absolute atomic E-state index is 5.35. The Morgan fingerprint density at radius 3 is 3.00 bits per heavy atom. The zero-order chi connectivity index (χ0) is 13.8. The number of hydrogen-bond acceptors (Lipinski definition) is 5. The summed E-state index contributed by atoms with van der Waals surface area (Å²) in [6.07, 6.45) is 4.11. The Morgan fingerprint density at radius 1 is 1.30 bits per heavy atom. The van der Waals surface area contributed by atoms with Crippen molar-refractivity contribution in [1.82, 2.24) is 20.2 Å². The molecule has 6 heteroatoms. The largest absolute Gasteiger partial charge is 0.469 e. The molecule has 2 aromatic heterocycles. The molecular formula is C14H15N5O. The maximum Gasteiger partial charge on any atom is 0.143 e. The van der Waals surface area contributed by atoms with E-state index < -0.39 is 0 Å². The van der Waals surface area contributed by atoms with Gasteiger partial charge in [-0.05, 0) is 47.7 Å². The van der Waals surface area contributed by atoms with Crippen molar-refractivity contribution in [2.75, 3.05) is 5.32 Å². The van der Waals surface area contributed by atoms with E-state index in [4.69, 9.17) is 4.42 Å². The number of tetrazole rings is 1. The lowest BCUT2D eigenvalue weighted by molar-refractivity contribution is 0.498. The lowest BCUT2D eigenvalue weighted by atomic mass is 10.2. The minimum Gasteiger partial charge on any atom is -0.469 e. The maximum atomic E-state index is 5.35. The fourth-order valence-corrected chi connectivity index (χ4v) is 2.08. The van der Waals surface area contributed by atoms with Gasteiger partial charge in [0.05, 0.1) is 12.0 Å². The molecule has 0 fully saturated rings. The molecule has 0 radical (unpaired) electrons. The summed E-state index contributed by atoms with van der Waals surface area (Å²) in [6, 6.07) is 12.1. The molecule has 0 spiro atoms. The highest BCUT2D eigenvalue weighted by Crippen LogP contribution is 2.15. The quantitative estimate of drug-likeness (QED) is 0.769. The van der Waals surface area contributed by atoms with Gasteiger partial charge in [-0.15, -0.1) is 5.10 Å². The third kappa shape index (κ3) is 2.85. The van der Waals surface area contributed by atoms with Crippen LogP contribution in [0.3, 0.4) is 0 Å². The molecule has 3 aromatic rings. The van der Waals surface area contributed by atoms with Crippen molar-refractivity contribution in [3.8, 4) is 5.69 Å². The molecular weight excluding hydrogens is 254 g/mol. The second-order valence-electron chi connectivity index (χ2n) is 4.63. The van der Waals surface area contributed by atoms with Gasteiger partial charge in [-0.1, -0.05) is 6.07 Å². The molecule has 2 heterocycles. The van der Waals surface area contributed by atoms with Gasteiger partial charge in [0, 0.05) is 18.2 Å². The van der Waals surface area contributed by atoms with Crippen LogP contribution in [-0.4, -0.2) is 26.2 Å². The Hall–Kier alpha value is -2.63. The van der Waals surface area contributed by atoms with Crippen molar-refractivity contribution >= 4 is 5.69 Å². The summed E-state index contributed by atoms with van der Waals surface area (Å²) in [4.78, 5) is 0. The zero-order valence-electron chi connectivity index (χ0n) is 11.1. The summed E-state index contributed by atoms with van der Waals surface area (Å²) in [5.41, 5.74) is 1.95. The third-order valence-electron chi connectivity index (χ3n) is 2.96. The van der Waals surface area contributed by atoms with Crippen LogP contribution in [0.25, 0.3) is 5.69 Å². The number of benzene rings is 1.